The minimum Gasteiger partial charge on any atom is -0.480 e. The Morgan fingerprint density at radius 1 is 1.42 bits per heavy atom. The molecule has 0 bridgehead atoms. The quantitative estimate of drug-likeness (QED) is 0.382. The van der Waals surface area contributed by atoms with Crippen molar-refractivity contribution in [1.29, 1.82) is 0 Å². The van der Waals surface area contributed by atoms with Gasteiger partial charge in [-0.2, -0.15) is 0 Å². The molecule has 1 N–H and O–H groups in total. The molecule has 0 fully saturated rings. The zero-order valence-electron chi connectivity index (χ0n) is 6.70. The van der Waals surface area contributed by atoms with Gasteiger partial charge < -0.3 is 5.11 Å². The van der Waals surface area contributed by atoms with Gasteiger partial charge in [-0.25, -0.2) is 4.79 Å². The van der Waals surface area contributed by atoms with Crippen LogP contribution in [-0.2, 0) is 4.79 Å². The van der Waals surface area contributed by atoms with Gasteiger partial charge in [0, 0.05) is 5.88 Å². The van der Waals surface area contributed by atoms with Gasteiger partial charge in [0.15, 0.2) is 6.04 Å². The number of unbranched alkanes of at least 4 members (excludes halogenated alkanes) is 2. The van der Waals surface area contributed by atoms with Crippen LogP contribution >= 0.6 is 11.6 Å². The molecule has 4 nitrogen and oxygen atoms in total. The average molecular weight is 194 g/mol. The third-order valence-electron chi connectivity index (χ3n) is 1.52. The molecular weight excluding hydrogens is 182 g/mol. The van der Waals surface area contributed by atoms with Crippen LogP contribution in [-0.4, -0.2) is 23.0 Å². The van der Waals surface area contributed by atoms with Crippen LogP contribution in [0.4, 0.5) is 0 Å². The first-order chi connectivity index (χ1) is 5.72. The van der Waals surface area contributed by atoms with Crippen LogP contribution in [0.25, 0.3) is 0 Å². The zero-order chi connectivity index (χ0) is 9.40. The highest BCUT2D eigenvalue weighted by molar-refractivity contribution is 6.17. The van der Waals surface area contributed by atoms with Crippen molar-refractivity contribution in [1.82, 2.24) is 0 Å². The van der Waals surface area contributed by atoms with E-state index in [-0.39, 0.29) is 0 Å². The van der Waals surface area contributed by atoms with E-state index in [0.29, 0.717) is 18.7 Å². The first kappa shape index (κ1) is 11.4. The molecule has 0 amide bonds. The second-order valence-electron chi connectivity index (χ2n) is 2.50. The van der Waals surface area contributed by atoms with E-state index in [0.717, 1.165) is 12.8 Å². The summed E-state index contributed by atoms with van der Waals surface area (Å²) in [6, 6.07) is -1.08. The third kappa shape index (κ3) is 5.07. The maximum absolute atomic E-state index is 10.3. The van der Waals surface area contributed by atoms with Gasteiger partial charge in [-0.3, -0.25) is 0 Å². The van der Waals surface area contributed by atoms with E-state index in [9.17, 15) is 9.70 Å². The fourth-order valence-corrected chi connectivity index (χ4v) is 1.02. The summed E-state index contributed by atoms with van der Waals surface area (Å²) < 4.78 is 0. The molecule has 0 aromatic rings. The van der Waals surface area contributed by atoms with Gasteiger partial charge in [-0.05, 0) is 12.8 Å². The fourth-order valence-electron chi connectivity index (χ4n) is 0.830. The number of nitroso groups, excluding NO2 is 1. The summed E-state index contributed by atoms with van der Waals surface area (Å²) in [5.74, 6) is -0.567. The molecule has 0 aliphatic rings. The third-order valence-corrected chi connectivity index (χ3v) is 1.79. The van der Waals surface area contributed by atoms with E-state index in [1.54, 1.807) is 0 Å². The van der Waals surface area contributed by atoms with Crippen LogP contribution in [0.15, 0.2) is 5.18 Å². The van der Waals surface area contributed by atoms with E-state index >= 15 is 0 Å². The van der Waals surface area contributed by atoms with Crippen molar-refractivity contribution >= 4 is 17.6 Å². The minimum atomic E-state index is -1.14. The van der Waals surface area contributed by atoms with Crippen molar-refractivity contribution < 1.29 is 9.90 Å². The lowest BCUT2D eigenvalue weighted by molar-refractivity contribution is -0.138. The summed E-state index contributed by atoms with van der Waals surface area (Å²) in [6.07, 6.45) is 2.71. The van der Waals surface area contributed by atoms with Crippen molar-refractivity contribution in [3.63, 3.8) is 0 Å². The van der Waals surface area contributed by atoms with Crippen molar-refractivity contribution in [3.8, 4) is 0 Å². The molecule has 12 heavy (non-hydrogen) atoms. The molecule has 70 valence electrons. The number of halogens is 1. The smallest absolute Gasteiger partial charge is 0.332 e. The Bertz CT molecular complexity index is 152. The van der Waals surface area contributed by atoms with Crippen LogP contribution in [0.5, 0.6) is 0 Å². The maximum atomic E-state index is 10.3. The highest BCUT2D eigenvalue weighted by Crippen LogP contribution is 2.07. The second kappa shape index (κ2) is 7.03. The molecule has 0 heterocycles. The molecule has 0 rings (SSSR count). The minimum absolute atomic E-state index is 0.315. The largest absolute Gasteiger partial charge is 0.480 e. The van der Waals surface area contributed by atoms with Gasteiger partial charge in [0.2, 0.25) is 0 Å². The van der Waals surface area contributed by atoms with E-state index in [4.69, 9.17) is 16.7 Å². The predicted molar refractivity (Wildman–Crippen MR) is 46.4 cm³/mol. The number of carboxylic acids is 1. The van der Waals surface area contributed by atoms with Gasteiger partial charge in [0.25, 0.3) is 0 Å². The van der Waals surface area contributed by atoms with E-state index in [2.05, 4.69) is 5.18 Å². The first-order valence-corrected chi connectivity index (χ1v) is 4.37. The van der Waals surface area contributed by atoms with E-state index in [1.165, 1.54) is 0 Å². The molecule has 0 saturated heterocycles. The summed E-state index contributed by atoms with van der Waals surface area (Å²) in [7, 11) is 0. The first-order valence-electron chi connectivity index (χ1n) is 3.83. The van der Waals surface area contributed by atoms with Crippen LogP contribution in [0, 0.1) is 4.91 Å². The molecule has 5 heteroatoms. The van der Waals surface area contributed by atoms with E-state index in [1.807, 2.05) is 0 Å². The van der Waals surface area contributed by atoms with E-state index < -0.39 is 12.0 Å². The van der Waals surface area contributed by atoms with Crippen LogP contribution in [0.2, 0.25) is 0 Å². The summed E-state index contributed by atoms with van der Waals surface area (Å²) in [6.45, 7) is 0. The predicted octanol–water partition coefficient (Wildman–Crippen LogP) is 2.01. The highest BCUT2D eigenvalue weighted by atomic mass is 35.5. The molecule has 1 unspecified atom stereocenters. The monoisotopic (exact) mass is 193 g/mol. The highest BCUT2D eigenvalue weighted by Gasteiger charge is 2.16. The SMILES string of the molecule is O=NC(CCCCCCl)C(=O)O. The number of nitrogens with zero attached hydrogens (tertiary/aromatic N) is 1. The molecule has 0 spiro atoms. The van der Waals surface area contributed by atoms with Gasteiger partial charge in [-0.1, -0.05) is 18.0 Å². The number of aliphatic carboxylic acids is 1. The van der Waals surface area contributed by atoms with Crippen LogP contribution in [0.1, 0.15) is 25.7 Å². The Morgan fingerprint density at radius 3 is 2.50 bits per heavy atom. The summed E-state index contributed by atoms with van der Waals surface area (Å²) >= 11 is 5.41. The average Bonchev–Trinajstić information content (AvgIpc) is 2.04. The van der Waals surface area contributed by atoms with Crippen molar-refractivity contribution in [2.45, 2.75) is 31.7 Å². The summed E-state index contributed by atoms with van der Waals surface area (Å²) in [4.78, 5) is 20.2. The van der Waals surface area contributed by atoms with Crippen LogP contribution < -0.4 is 0 Å². The molecular formula is C7H12ClNO3. The zero-order valence-corrected chi connectivity index (χ0v) is 7.46. The molecule has 0 aromatic heterocycles. The number of hydrogen-bond donors (Lipinski definition) is 1. The van der Waals surface area contributed by atoms with Gasteiger partial charge >= 0.3 is 5.97 Å². The molecule has 0 aliphatic carbocycles. The fraction of sp³-hybridized carbons (Fsp3) is 0.857. The Morgan fingerprint density at radius 2 is 2.08 bits per heavy atom. The molecule has 1 atom stereocenters. The van der Waals surface area contributed by atoms with Crippen molar-refractivity contribution in [2.24, 2.45) is 5.18 Å². The number of rotatable bonds is 7. The second-order valence-corrected chi connectivity index (χ2v) is 2.88. The van der Waals surface area contributed by atoms with Gasteiger partial charge in [0.05, 0.1) is 0 Å². The van der Waals surface area contributed by atoms with Crippen molar-refractivity contribution in [3.05, 3.63) is 4.91 Å². The lowest BCUT2D eigenvalue weighted by Gasteiger charge is -2.01. The lowest BCUT2D eigenvalue weighted by atomic mass is 10.1. The number of alkyl halides is 1. The van der Waals surface area contributed by atoms with Gasteiger partial charge in [-0.15, -0.1) is 16.5 Å². The van der Waals surface area contributed by atoms with Crippen molar-refractivity contribution in [2.75, 3.05) is 5.88 Å². The Kier molecular flexibility index (Phi) is 6.66. The molecule has 0 saturated carbocycles. The molecule has 0 aromatic carbocycles. The number of carboxylic acid groups (broad SMARTS) is 1. The van der Waals surface area contributed by atoms with Gasteiger partial charge in [0.1, 0.15) is 0 Å². The van der Waals surface area contributed by atoms with Crippen LogP contribution in [0.3, 0.4) is 0 Å². The topological polar surface area (TPSA) is 66.7 Å². The summed E-state index contributed by atoms with van der Waals surface area (Å²) in [5, 5.41) is 10.9. The molecule has 0 aliphatic heterocycles. The lowest BCUT2D eigenvalue weighted by Crippen LogP contribution is -2.16. The molecule has 0 radical (unpaired) electrons. The number of carbonyl (C=O) groups is 1. The maximum Gasteiger partial charge on any atom is 0.332 e. The number of hydrogen-bond acceptors (Lipinski definition) is 3. The Balaban J connectivity index is 3.45. The summed E-state index contributed by atoms with van der Waals surface area (Å²) in [5.41, 5.74) is 0. The Labute approximate surface area is 75.9 Å². The standard InChI is InChI=1S/C7H12ClNO3/c8-5-3-1-2-4-6(9-12)7(10)11/h6H,1-5H2,(H,10,11). The normalized spacial score (nSPS) is 12.4. The Hall–Kier alpha value is -0.640.